The maximum atomic E-state index is 8.79. The van der Waals surface area contributed by atoms with Crippen LogP contribution < -0.4 is 5.32 Å². The Morgan fingerprint density at radius 1 is 1.47 bits per heavy atom. The molecule has 3 heteroatoms. The van der Waals surface area contributed by atoms with Crippen LogP contribution in [0.4, 0.5) is 0 Å². The van der Waals surface area contributed by atoms with Crippen molar-refractivity contribution < 1.29 is 5.11 Å². The van der Waals surface area contributed by atoms with Crippen molar-refractivity contribution in [3.05, 3.63) is 0 Å². The van der Waals surface area contributed by atoms with E-state index in [0.29, 0.717) is 18.1 Å². The van der Waals surface area contributed by atoms with Gasteiger partial charge >= 0.3 is 0 Å². The molecule has 1 saturated carbocycles. The van der Waals surface area contributed by atoms with Crippen molar-refractivity contribution in [1.29, 1.82) is 0 Å². The van der Waals surface area contributed by atoms with Gasteiger partial charge in [-0.25, -0.2) is 0 Å². The van der Waals surface area contributed by atoms with E-state index in [0.717, 1.165) is 17.4 Å². The molecule has 2 N–H and O–H groups in total. The summed E-state index contributed by atoms with van der Waals surface area (Å²) < 4.78 is 0. The molecule has 0 aliphatic heterocycles. The Bertz CT molecular complexity index is 184. The molecule has 0 bridgehead atoms. The van der Waals surface area contributed by atoms with Crippen LogP contribution in [0.1, 0.15) is 39.5 Å². The lowest BCUT2D eigenvalue weighted by molar-refractivity contribution is 0.218. The van der Waals surface area contributed by atoms with Gasteiger partial charge in [0.2, 0.25) is 0 Å². The average Bonchev–Trinajstić information content (AvgIpc) is 2.17. The number of hydrogen-bond acceptors (Lipinski definition) is 3. The van der Waals surface area contributed by atoms with E-state index < -0.39 is 0 Å². The van der Waals surface area contributed by atoms with E-state index in [4.69, 9.17) is 5.11 Å². The Morgan fingerprint density at radius 2 is 2.20 bits per heavy atom. The summed E-state index contributed by atoms with van der Waals surface area (Å²) in [6.07, 6.45) is 4.85. The second-order valence-corrected chi connectivity index (χ2v) is 6.64. The van der Waals surface area contributed by atoms with Gasteiger partial charge in [-0.3, -0.25) is 0 Å². The van der Waals surface area contributed by atoms with E-state index in [-0.39, 0.29) is 0 Å². The molecule has 0 radical (unpaired) electrons. The van der Waals surface area contributed by atoms with Crippen molar-refractivity contribution in [3.63, 3.8) is 0 Å². The van der Waals surface area contributed by atoms with Crippen LogP contribution in [0, 0.1) is 5.41 Å². The predicted molar refractivity (Wildman–Crippen MR) is 68.4 cm³/mol. The molecule has 0 amide bonds. The third kappa shape index (κ3) is 4.33. The molecule has 1 fully saturated rings. The highest BCUT2D eigenvalue weighted by Gasteiger charge is 2.33. The second-order valence-electron chi connectivity index (χ2n) is 5.29. The molecule has 0 saturated heterocycles. The first-order chi connectivity index (χ1) is 7.09. The van der Waals surface area contributed by atoms with Gasteiger partial charge in [0.15, 0.2) is 0 Å². The summed E-state index contributed by atoms with van der Waals surface area (Å²) in [6.45, 7) is 5.07. The summed E-state index contributed by atoms with van der Waals surface area (Å²) in [5.74, 6) is 1.09. The number of nitrogens with one attached hydrogen (secondary N) is 1. The summed E-state index contributed by atoms with van der Waals surface area (Å²) in [5, 5.41) is 13.0. The normalized spacial score (nSPS) is 30.4. The smallest absolute Gasteiger partial charge is 0.0438 e. The van der Waals surface area contributed by atoms with Crippen LogP contribution in [0.5, 0.6) is 0 Å². The van der Waals surface area contributed by atoms with Crippen LogP contribution in [0.2, 0.25) is 0 Å². The molecule has 0 aromatic heterocycles. The van der Waals surface area contributed by atoms with E-state index in [1.54, 1.807) is 0 Å². The van der Waals surface area contributed by atoms with Crippen molar-refractivity contribution in [1.82, 2.24) is 5.32 Å². The monoisotopic (exact) mass is 231 g/mol. The Morgan fingerprint density at radius 3 is 2.80 bits per heavy atom. The van der Waals surface area contributed by atoms with E-state index >= 15 is 0 Å². The molecule has 1 rings (SSSR count). The fourth-order valence-corrected chi connectivity index (χ4v) is 4.00. The molecule has 2 unspecified atom stereocenters. The lowest BCUT2D eigenvalue weighted by Crippen LogP contribution is -2.43. The largest absolute Gasteiger partial charge is 0.396 e. The minimum absolute atomic E-state index is 0.327. The molecule has 0 aromatic rings. The number of hydrogen-bond donors (Lipinski definition) is 2. The number of aliphatic hydroxyl groups is 1. The van der Waals surface area contributed by atoms with Gasteiger partial charge in [-0.15, -0.1) is 0 Å². The topological polar surface area (TPSA) is 32.3 Å². The summed E-state index contributed by atoms with van der Waals surface area (Å²) in [4.78, 5) is 0. The third-order valence-electron chi connectivity index (χ3n) is 3.34. The van der Waals surface area contributed by atoms with Gasteiger partial charge in [-0.1, -0.05) is 13.8 Å². The molecular weight excluding hydrogens is 206 g/mol. The maximum absolute atomic E-state index is 8.79. The quantitative estimate of drug-likeness (QED) is 0.712. The summed E-state index contributed by atoms with van der Waals surface area (Å²) >= 11 is 2.03. The van der Waals surface area contributed by atoms with E-state index in [1.165, 1.54) is 19.3 Å². The van der Waals surface area contributed by atoms with E-state index in [1.807, 2.05) is 11.8 Å². The molecule has 0 heterocycles. The van der Waals surface area contributed by atoms with Crippen LogP contribution in [0.3, 0.4) is 0 Å². The number of thioether (sulfide) groups is 1. The lowest BCUT2D eigenvalue weighted by atomic mass is 9.75. The predicted octanol–water partition coefficient (Wildman–Crippen LogP) is 2.27. The van der Waals surface area contributed by atoms with Crippen LogP contribution in [-0.2, 0) is 0 Å². The highest BCUT2D eigenvalue weighted by atomic mass is 32.2. The van der Waals surface area contributed by atoms with Crippen LogP contribution in [-0.4, -0.2) is 35.8 Å². The standard InChI is InChI=1S/C12H25NOS/c1-12(2)6-5-10(13-3)11(9-12)15-8-4-7-14/h10-11,13-14H,4-9H2,1-3H3. The summed E-state index contributed by atoms with van der Waals surface area (Å²) in [5.41, 5.74) is 0.504. The zero-order valence-corrected chi connectivity index (χ0v) is 11.1. The minimum Gasteiger partial charge on any atom is -0.396 e. The fourth-order valence-electron chi connectivity index (χ4n) is 2.33. The van der Waals surface area contributed by atoms with Gasteiger partial charge in [0.25, 0.3) is 0 Å². The lowest BCUT2D eigenvalue weighted by Gasteiger charge is -2.40. The molecule has 0 spiro atoms. The van der Waals surface area contributed by atoms with E-state index in [2.05, 4.69) is 26.2 Å². The van der Waals surface area contributed by atoms with Gasteiger partial charge in [-0.2, -0.15) is 11.8 Å². The Labute approximate surface area is 98.2 Å². The molecule has 90 valence electrons. The maximum Gasteiger partial charge on any atom is 0.0438 e. The molecule has 1 aliphatic carbocycles. The Hall–Kier alpha value is 0.270. The molecule has 15 heavy (non-hydrogen) atoms. The van der Waals surface area contributed by atoms with Gasteiger partial charge in [-0.05, 0) is 43.9 Å². The molecule has 2 nitrogen and oxygen atoms in total. The fraction of sp³-hybridized carbons (Fsp3) is 1.00. The summed E-state index contributed by atoms with van der Waals surface area (Å²) in [7, 11) is 2.07. The summed E-state index contributed by atoms with van der Waals surface area (Å²) in [6, 6.07) is 0.668. The minimum atomic E-state index is 0.327. The zero-order valence-electron chi connectivity index (χ0n) is 10.3. The first-order valence-corrected chi connectivity index (χ1v) is 7.03. The molecule has 1 aliphatic rings. The molecular formula is C12H25NOS. The second kappa shape index (κ2) is 6.12. The zero-order chi connectivity index (χ0) is 11.3. The van der Waals surface area contributed by atoms with Crippen molar-refractivity contribution in [2.24, 2.45) is 5.41 Å². The van der Waals surface area contributed by atoms with Crippen molar-refractivity contribution in [2.45, 2.75) is 50.8 Å². The highest BCUT2D eigenvalue weighted by Crippen LogP contribution is 2.40. The van der Waals surface area contributed by atoms with Gasteiger partial charge in [0, 0.05) is 17.9 Å². The van der Waals surface area contributed by atoms with Crippen molar-refractivity contribution in [2.75, 3.05) is 19.4 Å². The highest BCUT2D eigenvalue weighted by molar-refractivity contribution is 7.99. The van der Waals surface area contributed by atoms with E-state index in [9.17, 15) is 0 Å². The van der Waals surface area contributed by atoms with Gasteiger partial charge < -0.3 is 10.4 Å². The van der Waals surface area contributed by atoms with Gasteiger partial charge in [0.1, 0.15) is 0 Å². The Kier molecular flexibility index (Phi) is 5.44. The van der Waals surface area contributed by atoms with Crippen molar-refractivity contribution in [3.8, 4) is 0 Å². The van der Waals surface area contributed by atoms with Gasteiger partial charge in [0.05, 0.1) is 0 Å². The Balaban J connectivity index is 2.41. The van der Waals surface area contributed by atoms with Crippen LogP contribution in [0.25, 0.3) is 0 Å². The van der Waals surface area contributed by atoms with Crippen molar-refractivity contribution >= 4 is 11.8 Å². The first-order valence-electron chi connectivity index (χ1n) is 5.99. The first kappa shape index (κ1) is 13.3. The SMILES string of the molecule is CNC1CCC(C)(C)CC1SCCCO. The van der Waals surface area contributed by atoms with Crippen LogP contribution >= 0.6 is 11.8 Å². The average molecular weight is 231 g/mol. The number of aliphatic hydroxyl groups excluding tert-OH is 1. The number of rotatable bonds is 5. The molecule has 0 aromatic carbocycles. The van der Waals surface area contributed by atoms with Crippen LogP contribution in [0.15, 0.2) is 0 Å². The third-order valence-corrected chi connectivity index (χ3v) is 4.79. The molecule has 2 atom stereocenters.